The summed E-state index contributed by atoms with van der Waals surface area (Å²) in [5.74, 6) is 2.72. The Kier molecular flexibility index (Phi) is 3.41. The van der Waals surface area contributed by atoms with E-state index in [1.54, 1.807) is 26.4 Å². The van der Waals surface area contributed by atoms with Gasteiger partial charge in [-0.05, 0) is 41.5 Å². The molecule has 0 radical (unpaired) electrons. The molecule has 2 aromatic rings. The third-order valence-electron chi connectivity index (χ3n) is 4.23. The first-order valence-electron chi connectivity index (χ1n) is 7.59. The van der Waals surface area contributed by atoms with Gasteiger partial charge >= 0.3 is 0 Å². The van der Waals surface area contributed by atoms with Crippen LogP contribution in [0.5, 0.6) is 23.0 Å². The smallest absolute Gasteiger partial charge is 0.231 e. The SMILES string of the molecule is COc1cc(/C=C2\Cc3cc4c(cc3C2=O)OCO4)cc(OC)c1. The Bertz CT molecular complexity index is 844. The van der Waals surface area contributed by atoms with E-state index in [1.807, 2.05) is 24.3 Å². The summed E-state index contributed by atoms with van der Waals surface area (Å²) in [5, 5.41) is 0. The molecule has 0 bridgehead atoms. The van der Waals surface area contributed by atoms with E-state index in [-0.39, 0.29) is 12.6 Å². The lowest BCUT2D eigenvalue weighted by Gasteiger charge is -2.06. The Morgan fingerprint density at radius 1 is 0.958 bits per heavy atom. The van der Waals surface area contributed by atoms with Crippen molar-refractivity contribution in [3.05, 3.63) is 52.6 Å². The van der Waals surface area contributed by atoms with Crippen LogP contribution in [0.25, 0.3) is 6.08 Å². The quantitative estimate of drug-likeness (QED) is 0.811. The van der Waals surface area contributed by atoms with Gasteiger partial charge in [-0.1, -0.05) is 0 Å². The zero-order chi connectivity index (χ0) is 16.7. The van der Waals surface area contributed by atoms with Crippen LogP contribution in [0.3, 0.4) is 0 Å². The van der Waals surface area contributed by atoms with Crippen molar-refractivity contribution in [3.63, 3.8) is 0 Å². The minimum absolute atomic E-state index is 0.0186. The molecular formula is C19H16O5. The molecule has 0 N–H and O–H groups in total. The predicted molar refractivity (Wildman–Crippen MR) is 88.1 cm³/mol. The summed E-state index contributed by atoms with van der Waals surface area (Å²) in [5.41, 5.74) is 3.23. The first-order valence-corrected chi connectivity index (χ1v) is 7.59. The molecule has 0 amide bonds. The number of carbonyl (C=O) groups excluding carboxylic acids is 1. The van der Waals surface area contributed by atoms with Gasteiger partial charge in [0.2, 0.25) is 6.79 Å². The number of hydrogen-bond acceptors (Lipinski definition) is 5. The van der Waals surface area contributed by atoms with E-state index >= 15 is 0 Å². The molecule has 2 aliphatic rings. The zero-order valence-corrected chi connectivity index (χ0v) is 13.4. The van der Waals surface area contributed by atoms with E-state index in [2.05, 4.69) is 0 Å². The average Bonchev–Trinajstić information content (AvgIpc) is 3.17. The highest BCUT2D eigenvalue weighted by Crippen LogP contribution is 2.39. The first kappa shape index (κ1) is 14.6. The van der Waals surface area contributed by atoms with Gasteiger partial charge in [0.25, 0.3) is 0 Å². The Hall–Kier alpha value is -2.95. The van der Waals surface area contributed by atoms with Crippen molar-refractivity contribution in [1.82, 2.24) is 0 Å². The maximum atomic E-state index is 12.7. The summed E-state index contributed by atoms with van der Waals surface area (Å²) in [4.78, 5) is 12.7. The summed E-state index contributed by atoms with van der Waals surface area (Å²) in [6.07, 6.45) is 2.45. The highest BCUT2D eigenvalue weighted by Gasteiger charge is 2.28. The number of hydrogen-bond donors (Lipinski definition) is 0. The van der Waals surface area contributed by atoms with E-state index in [0.717, 1.165) is 16.7 Å². The summed E-state index contributed by atoms with van der Waals surface area (Å²) < 4.78 is 21.3. The lowest BCUT2D eigenvalue weighted by Crippen LogP contribution is -1.96. The van der Waals surface area contributed by atoms with Crippen molar-refractivity contribution < 1.29 is 23.7 Å². The largest absolute Gasteiger partial charge is 0.497 e. The van der Waals surface area contributed by atoms with Crippen LogP contribution in [-0.4, -0.2) is 26.8 Å². The molecule has 0 saturated heterocycles. The molecule has 5 heteroatoms. The fraction of sp³-hybridized carbons (Fsp3) is 0.211. The molecule has 24 heavy (non-hydrogen) atoms. The van der Waals surface area contributed by atoms with Gasteiger partial charge in [0, 0.05) is 23.6 Å². The molecule has 1 aliphatic carbocycles. The Morgan fingerprint density at radius 3 is 2.29 bits per heavy atom. The first-order chi connectivity index (χ1) is 11.7. The third kappa shape index (κ3) is 2.38. The van der Waals surface area contributed by atoms with E-state index in [1.165, 1.54) is 0 Å². The maximum Gasteiger partial charge on any atom is 0.231 e. The molecular weight excluding hydrogens is 308 g/mol. The predicted octanol–water partition coefficient (Wildman–Crippen LogP) is 3.25. The Labute approximate surface area is 139 Å². The molecule has 1 heterocycles. The number of Topliss-reactive ketones (excluding diaryl/α,β-unsaturated/α-hetero) is 1. The van der Waals surface area contributed by atoms with Crippen LogP contribution in [0.4, 0.5) is 0 Å². The summed E-state index contributed by atoms with van der Waals surface area (Å²) in [6, 6.07) is 9.21. The number of carbonyl (C=O) groups is 1. The lowest BCUT2D eigenvalue weighted by molar-refractivity contribution is 0.104. The number of fused-ring (bicyclic) bond motifs is 2. The van der Waals surface area contributed by atoms with E-state index in [0.29, 0.717) is 35.0 Å². The van der Waals surface area contributed by atoms with Gasteiger partial charge in [-0.2, -0.15) is 0 Å². The van der Waals surface area contributed by atoms with E-state index in [9.17, 15) is 4.79 Å². The molecule has 2 aromatic carbocycles. The third-order valence-corrected chi connectivity index (χ3v) is 4.23. The van der Waals surface area contributed by atoms with Gasteiger partial charge in [0.15, 0.2) is 17.3 Å². The van der Waals surface area contributed by atoms with Gasteiger partial charge in [-0.15, -0.1) is 0 Å². The van der Waals surface area contributed by atoms with Crippen molar-refractivity contribution in [3.8, 4) is 23.0 Å². The lowest BCUT2D eigenvalue weighted by atomic mass is 10.1. The normalized spacial score (nSPS) is 16.4. The average molecular weight is 324 g/mol. The van der Waals surface area contributed by atoms with Gasteiger partial charge in [-0.3, -0.25) is 4.79 Å². The number of ketones is 1. The second kappa shape index (κ2) is 5.60. The minimum atomic E-state index is 0.0186. The van der Waals surface area contributed by atoms with Crippen LogP contribution in [-0.2, 0) is 6.42 Å². The molecule has 0 saturated carbocycles. The highest BCUT2D eigenvalue weighted by atomic mass is 16.7. The van der Waals surface area contributed by atoms with Crippen molar-refractivity contribution in [2.75, 3.05) is 21.0 Å². The van der Waals surface area contributed by atoms with Crippen molar-refractivity contribution >= 4 is 11.9 Å². The van der Waals surface area contributed by atoms with Gasteiger partial charge in [0.05, 0.1) is 14.2 Å². The Morgan fingerprint density at radius 2 is 1.62 bits per heavy atom. The van der Waals surface area contributed by atoms with Gasteiger partial charge < -0.3 is 18.9 Å². The second-order valence-electron chi connectivity index (χ2n) is 5.68. The minimum Gasteiger partial charge on any atom is -0.497 e. The van der Waals surface area contributed by atoms with Crippen molar-refractivity contribution in [2.24, 2.45) is 0 Å². The topological polar surface area (TPSA) is 54.0 Å². The van der Waals surface area contributed by atoms with E-state index < -0.39 is 0 Å². The van der Waals surface area contributed by atoms with Crippen molar-refractivity contribution in [1.29, 1.82) is 0 Å². The monoisotopic (exact) mass is 324 g/mol. The number of benzene rings is 2. The molecule has 0 aromatic heterocycles. The number of methoxy groups -OCH3 is 2. The number of allylic oxidation sites excluding steroid dienone is 1. The number of rotatable bonds is 3. The van der Waals surface area contributed by atoms with Crippen molar-refractivity contribution in [2.45, 2.75) is 6.42 Å². The van der Waals surface area contributed by atoms with Crippen LogP contribution in [0.1, 0.15) is 21.5 Å². The zero-order valence-electron chi connectivity index (χ0n) is 13.4. The molecule has 0 atom stereocenters. The maximum absolute atomic E-state index is 12.7. The Balaban J connectivity index is 1.71. The van der Waals surface area contributed by atoms with Crippen LogP contribution < -0.4 is 18.9 Å². The fourth-order valence-corrected chi connectivity index (χ4v) is 3.03. The molecule has 122 valence electrons. The van der Waals surface area contributed by atoms with E-state index in [4.69, 9.17) is 18.9 Å². The summed E-state index contributed by atoms with van der Waals surface area (Å²) in [7, 11) is 3.20. The van der Waals surface area contributed by atoms with Crippen LogP contribution in [0.2, 0.25) is 0 Å². The molecule has 1 aliphatic heterocycles. The number of ether oxygens (including phenoxy) is 4. The van der Waals surface area contributed by atoms with Gasteiger partial charge in [-0.25, -0.2) is 0 Å². The highest BCUT2D eigenvalue weighted by molar-refractivity contribution is 6.16. The molecule has 4 rings (SSSR count). The summed E-state index contributed by atoms with van der Waals surface area (Å²) in [6.45, 7) is 0.207. The molecule has 5 nitrogen and oxygen atoms in total. The fourth-order valence-electron chi connectivity index (χ4n) is 3.03. The second-order valence-corrected chi connectivity index (χ2v) is 5.68. The van der Waals surface area contributed by atoms with Crippen LogP contribution >= 0.6 is 0 Å². The molecule has 0 unspecified atom stereocenters. The van der Waals surface area contributed by atoms with Gasteiger partial charge in [0.1, 0.15) is 11.5 Å². The van der Waals surface area contributed by atoms with Crippen LogP contribution in [0, 0.1) is 0 Å². The standard InChI is InChI=1S/C19H16O5/c1-21-14-4-11(5-15(8-14)22-2)3-13-6-12-7-17-18(24-10-23-17)9-16(12)19(13)20/h3-5,7-9H,6,10H2,1-2H3/b13-3+. The van der Waals surface area contributed by atoms with Crippen LogP contribution in [0.15, 0.2) is 35.9 Å². The summed E-state index contributed by atoms with van der Waals surface area (Å²) >= 11 is 0. The molecule has 0 spiro atoms. The molecule has 0 fully saturated rings.